The zero-order valence-corrected chi connectivity index (χ0v) is 6.89. The van der Waals surface area contributed by atoms with Gasteiger partial charge in [-0.3, -0.25) is 0 Å². The lowest BCUT2D eigenvalue weighted by atomic mass is 10.8. The maximum atomic E-state index is 11.8. The smallest absolute Gasteiger partial charge is 0.249 e. The normalized spacial score (nSPS) is 9.22. The Hall–Kier alpha value is 0.1000. The summed E-state index contributed by atoms with van der Waals surface area (Å²) in [7, 11) is 2.45. The summed E-state index contributed by atoms with van der Waals surface area (Å²) >= 11 is 0. The van der Waals surface area contributed by atoms with Crippen LogP contribution in [0.3, 0.4) is 0 Å². The van der Waals surface area contributed by atoms with Gasteiger partial charge in [-0.1, -0.05) is 10.8 Å². The molecule has 0 spiro atoms. The third-order valence-electron chi connectivity index (χ3n) is 0.648. The molecule has 0 aliphatic carbocycles. The van der Waals surface area contributed by atoms with E-state index in [-0.39, 0.29) is 0 Å². The molecule has 0 aliphatic rings. The second kappa shape index (κ2) is 4.93. The first-order valence-electron chi connectivity index (χ1n) is 2.40. The second-order valence-electron chi connectivity index (χ2n) is 1.19. The van der Waals surface area contributed by atoms with Crippen molar-refractivity contribution in [3.63, 3.8) is 0 Å². The first kappa shape index (κ1) is 9.10. The molecular weight excluding hydrogens is 161 g/mol. The summed E-state index contributed by atoms with van der Waals surface area (Å²) in [5.74, 6) is 0. The lowest BCUT2D eigenvalue weighted by molar-refractivity contribution is 0.206. The van der Waals surface area contributed by atoms with E-state index in [1.807, 2.05) is 0 Å². The molecule has 1 amide bonds. The van der Waals surface area contributed by atoms with Gasteiger partial charge in [0.25, 0.3) is 0 Å². The van der Waals surface area contributed by atoms with Crippen molar-refractivity contribution in [2.45, 2.75) is 6.92 Å². The van der Waals surface area contributed by atoms with Gasteiger partial charge in [-0.05, 0) is 13.2 Å². The number of halogens is 1. The van der Waals surface area contributed by atoms with E-state index in [0.717, 1.165) is 15.3 Å². The lowest BCUT2D eigenvalue weighted by Gasteiger charge is -2.10. The van der Waals surface area contributed by atoms with Crippen LogP contribution in [0.5, 0.6) is 0 Å². The topological polar surface area (TPSA) is 20.3 Å². The Balaban J connectivity index is 3.54. The summed E-state index contributed by atoms with van der Waals surface area (Å²) in [5, 5.41) is 0. The number of hydrogen-bond donors (Lipinski definition) is 0. The fourth-order valence-corrected chi connectivity index (χ4v) is 1.67. The lowest BCUT2D eigenvalue weighted by Crippen LogP contribution is -2.16. The van der Waals surface area contributed by atoms with E-state index in [0.29, 0.717) is 6.54 Å². The van der Waals surface area contributed by atoms with Crippen molar-refractivity contribution in [3.05, 3.63) is 0 Å². The third kappa shape index (κ3) is 3.64. The first-order valence-corrected chi connectivity index (χ1v) is 4.91. The molecule has 5 heteroatoms. The second-order valence-corrected chi connectivity index (χ2v) is 3.56. The molecule has 0 fully saturated rings. The summed E-state index contributed by atoms with van der Waals surface area (Å²) in [5.41, 5.74) is 0. The Morgan fingerprint density at radius 2 is 2.33 bits per heavy atom. The summed E-state index contributed by atoms with van der Waals surface area (Å²) in [6.45, 7) is 2.13. The fraction of sp³-hybridized carbons (Fsp3) is 0.750. The molecule has 0 saturated heterocycles. The SMILES string of the molecule is CCN(SSC)C(=O)F. The van der Waals surface area contributed by atoms with E-state index < -0.39 is 6.16 Å². The van der Waals surface area contributed by atoms with Crippen LogP contribution < -0.4 is 0 Å². The van der Waals surface area contributed by atoms with Gasteiger partial charge in [-0.2, -0.15) is 0 Å². The number of amides is 1. The minimum atomic E-state index is -1.38. The van der Waals surface area contributed by atoms with Gasteiger partial charge in [-0.15, -0.1) is 4.39 Å². The molecule has 0 atom stereocenters. The van der Waals surface area contributed by atoms with Gasteiger partial charge >= 0.3 is 6.16 Å². The molecule has 0 aromatic heterocycles. The predicted molar refractivity (Wildman–Crippen MR) is 40.0 cm³/mol. The summed E-state index contributed by atoms with van der Waals surface area (Å²) in [6.07, 6.45) is 0.410. The fourth-order valence-electron chi connectivity index (χ4n) is 0.296. The monoisotopic (exact) mass is 169 g/mol. The average molecular weight is 169 g/mol. The molecule has 0 rings (SSSR count). The van der Waals surface area contributed by atoms with Crippen LogP contribution in [0, 0.1) is 0 Å². The van der Waals surface area contributed by atoms with Crippen LogP contribution in [0.15, 0.2) is 0 Å². The molecular formula is C4H8FNOS2. The van der Waals surface area contributed by atoms with Crippen LogP contribution in [-0.4, -0.2) is 23.3 Å². The van der Waals surface area contributed by atoms with Gasteiger partial charge < -0.3 is 0 Å². The molecule has 0 bridgehead atoms. The first-order chi connectivity index (χ1) is 4.22. The highest BCUT2D eigenvalue weighted by Crippen LogP contribution is 2.22. The van der Waals surface area contributed by atoms with Gasteiger partial charge in [0.05, 0.1) is 0 Å². The maximum Gasteiger partial charge on any atom is 0.410 e. The highest BCUT2D eigenvalue weighted by atomic mass is 33.1. The van der Waals surface area contributed by atoms with Gasteiger partial charge in [-0.25, -0.2) is 9.10 Å². The quantitative estimate of drug-likeness (QED) is 0.280. The molecule has 0 saturated carbocycles. The number of carbonyl (C=O) groups is 1. The van der Waals surface area contributed by atoms with Crippen LogP contribution in [0.25, 0.3) is 0 Å². The standard InChI is InChI=1S/C4H8FNOS2/c1-3-6(4(5)7)9-8-2/h3H2,1-2H3. The van der Waals surface area contributed by atoms with Crippen LogP contribution in [0.4, 0.5) is 9.18 Å². The van der Waals surface area contributed by atoms with Gasteiger partial charge in [0.1, 0.15) is 0 Å². The summed E-state index contributed by atoms with van der Waals surface area (Å²) in [4.78, 5) is 9.99. The molecule has 0 aromatic rings. The van der Waals surface area contributed by atoms with Gasteiger partial charge in [0, 0.05) is 17.5 Å². The predicted octanol–water partition coefficient (Wildman–Crippen LogP) is 2.32. The Kier molecular flexibility index (Phi) is 4.99. The van der Waals surface area contributed by atoms with E-state index in [2.05, 4.69) is 0 Å². The van der Waals surface area contributed by atoms with E-state index in [1.54, 1.807) is 13.2 Å². The number of carbonyl (C=O) groups excluding carboxylic acids is 1. The molecule has 0 heterocycles. The van der Waals surface area contributed by atoms with Crippen molar-refractivity contribution in [3.8, 4) is 0 Å². The van der Waals surface area contributed by atoms with Crippen LogP contribution >= 0.6 is 21.8 Å². The molecule has 0 aromatic carbocycles. The molecule has 9 heavy (non-hydrogen) atoms. The number of rotatable bonds is 3. The minimum Gasteiger partial charge on any atom is -0.249 e. The molecule has 2 nitrogen and oxygen atoms in total. The molecule has 0 N–H and O–H groups in total. The average Bonchev–Trinajstić information content (AvgIpc) is 1.82. The summed E-state index contributed by atoms with van der Waals surface area (Å²) in [6, 6.07) is 0. The largest absolute Gasteiger partial charge is 0.410 e. The maximum absolute atomic E-state index is 11.8. The number of nitrogens with zero attached hydrogens (tertiary/aromatic N) is 1. The molecule has 54 valence electrons. The summed E-state index contributed by atoms with van der Waals surface area (Å²) < 4.78 is 12.9. The van der Waals surface area contributed by atoms with E-state index in [1.165, 1.54) is 10.8 Å². The minimum absolute atomic E-state index is 0.404. The molecule has 0 unspecified atom stereocenters. The Morgan fingerprint density at radius 3 is 2.44 bits per heavy atom. The third-order valence-corrected chi connectivity index (χ3v) is 2.37. The van der Waals surface area contributed by atoms with Crippen molar-refractivity contribution in [2.24, 2.45) is 0 Å². The van der Waals surface area contributed by atoms with Crippen LogP contribution in [0.2, 0.25) is 0 Å². The van der Waals surface area contributed by atoms with Crippen molar-refractivity contribution in [2.75, 3.05) is 12.8 Å². The van der Waals surface area contributed by atoms with Crippen molar-refractivity contribution < 1.29 is 9.18 Å². The van der Waals surface area contributed by atoms with Gasteiger partial charge in [0.15, 0.2) is 0 Å². The zero-order valence-electron chi connectivity index (χ0n) is 5.26. The highest BCUT2D eigenvalue weighted by molar-refractivity contribution is 8.75. The van der Waals surface area contributed by atoms with E-state index in [4.69, 9.17) is 0 Å². The van der Waals surface area contributed by atoms with Crippen molar-refractivity contribution >= 4 is 27.9 Å². The Morgan fingerprint density at radius 1 is 1.78 bits per heavy atom. The van der Waals surface area contributed by atoms with E-state index >= 15 is 0 Å². The molecule has 0 radical (unpaired) electrons. The van der Waals surface area contributed by atoms with Gasteiger partial charge in [0.2, 0.25) is 0 Å². The Labute approximate surface area is 61.7 Å². The Bertz CT molecular complexity index is 101. The van der Waals surface area contributed by atoms with E-state index in [9.17, 15) is 9.18 Å². The van der Waals surface area contributed by atoms with Crippen molar-refractivity contribution in [1.82, 2.24) is 4.31 Å². The zero-order chi connectivity index (χ0) is 7.28. The van der Waals surface area contributed by atoms with Crippen LogP contribution in [0.1, 0.15) is 6.92 Å². The van der Waals surface area contributed by atoms with Crippen LogP contribution in [-0.2, 0) is 0 Å². The van der Waals surface area contributed by atoms with Crippen molar-refractivity contribution in [1.29, 1.82) is 0 Å². The number of hydrogen-bond acceptors (Lipinski definition) is 3. The highest BCUT2D eigenvalue weighted by Gasteiger charge is 2.08. The molecule has 0 aliphatic heterocycles.